The van der Waals surface area contributed by atoms with E-state index in [2.05, 4.69) is 18.7 Å². The Kier molecular flexibility index (Phi) is 4.86. The number of nitrogens with zero attached hydrogens (tertiary/aromatic N) is 3. The van der Waals surface area contributed by atoms with Crippen LogP contribution in [0.2, 0.25) is 0 Å². The van der Waals surface area contributed by atoms with Gasteiger partial charge in [-0.2, -0.15) is 0 Å². The van der Waals surface area contributed by atoms with E-state index in [1.165, 1.54) is 0 Å². The average molecular weight is 377 g/mol. The Morgan fingerprint density at radius 3 is 2.57 bits per heavy atom. The number of hydrogen-bond donors (Lipinski definition) is 0. The van der Waals surface area contributed by atoms with Crippen LogP contribution in [0.15, 0.2) is 59.0 Å². The molecule has 3 aromatic rings. The number of nitro groups is 1. The Labute approximate surface area is 164 Å². The zero-order valence-corrected chi connectivity index (χ0v) is 16.0. The van der Waals surface area contributed by atoms with Gasteiger partial charge in [-0.3, -0.25) is 10.1 Å². The van der Waals surface area contributed by atoms with Crippen LogP contribution >= 0.6 is 0 Å². The highest BCUT2D eigenvalue weighted by molar-refractivity contribution is 5.65. The summed E-state index contributed by atoms with van der Waals surface area (Å²) in [5.41, 5.74) is 2.63. The van der Waals surface area contributed by atoms with Crippen molar-refractivity contribution in [2.45, 2.75) is 38.6 Å². The maximum atomic E-state index is 11.5. The molecule has 1 fully saturated rings. The zero-order valence-electron chi connectivity index (χ0n) is 16.0. The van der Waals surface area contributed by atoms with Crippen molar-refractivity contribution in [2.75, 3.05) is 11.4 Å². The van der Waals surface area contributed by atoms with E-state index in [-0.39, 0.29) is 22.6 Å². The number of oxazole rings is 1. The molecule has 1 aliphatic rings. The highest BCUT2D eigenvalue weighted by atomic mass is 16.6. The van der Waals surface area contributed by atoms with Gasteiger partial charge in [0.25, 0.3) is 5.69 Å². The summed E-state index contributed by atoms with van der Waals surface area (Å²) in [6.07, 6.45) is 1.80. The van der Waals surface area contributed by atoms with E-state index in [1.807, 2.05) is 36.4 Å². The van der Waals surface area contributed by atoms with Crippen molar-refractivity contribution in [2.24, 2.45) is 0 Å². The molecule has 28 heavy (non-hydrogen) atoms. The highest BCUT2D eigenvalue weighted by Crippen LogP contribution is 2.42. The first-order valence-electron chi connectivity index (χ1n) is 9.62. The molecule has 0 spiro atoms. The van der Waals surface area contributed by atoms with Crippen LogP contribution in [-0.2, 0) is 0 Å². The molecule has 0 aliphatic carbocycles. The summed E-state index contributed by atoms with van der Waals surface area (Å²) in [6.45, 7) is 4.92. The molecule has 0 radical (unpaired) electrons. The molecule has 0 bridgehead atoms. The van der Waals surface area contributed by atoms with E-state index >= 15 is 0 Å². The van der Waals surface area contributed by atoms with Crippen LogP contribution in [0.3, 0.4) is 0 Å². The standard InChI is InChI=1S/C22H23N3O3/c1-15(2)21-20(16-9-4-3-5-10-16)23-22(28-21)19-13-8-14-24(19)17-11-6-7-12-18(17)25(26)27/h3-7,9-12,15,19H,8,13-14H2,1-2H3/t19-/m1/s1. The average Bonchev–Trinajstić information content (AvgIpc) is 3.35. The molecule has 6 heteroatoms. The quantitative estimate of drug-likeness (QED) is 0.420. The SMILES string of the molecule is CC(C)c1oc([C@H]2CCCN2c2ccccc2[N+](=O)[O-])nc1-c1ccccc1. The molecular weight excluding hydrogens is 354 g/mol. The summed E-state index contributed by atoms with van der Waals surface area (Å²) in [4.78, 5) is 18.1. The third-order valence-corrected chi connectivity index (χ3v) is 5.17. The third kappa shape index (κ3) is 3.26. The van der Waals surface area contributed by atoms with Gasteiger partial charge < -0.3 is 9.32 Å². The Balaban J connectivity index is 1.76. The summed E-state index contributed by atoms with van der Waals surface area (Å²) in [5, 5.41) is 11.5. The number of rotatable bonds is 5. The van der Waals surface area contributed by atoms with E-state index in [9.17, 15) is 10.1 Å². The van der Waals surface area contributed by atoms with Crippen LogP contribution in [0.5, 0.6) is 0 Å². The van der Waals surface area contributed by atoms with E-state index in [4.69, 9.17) is 9.40 Å². The lowest BCUT2D eigenvalue weighted by molar-refractivity contribution is -0.384. The van der Waals surface area contributed by atoms with Crippen molar-refractivity contribution in [1.82, 2.24) is 4.98 Å². The minimum absolute atomic E-state index is 0.101. The number of anilines is 1. The molecule has 0 saturated carbocycles. The summed E-state index contributed by atoms with van der Waals surface area (Å²) < 4.78 is 6.24. The van der Waals surface area contributed by atoms with Crippen LogP contribution in [0.1, 0.15) is 50.3 Å². The van der Waals surface area contributed by atoms with Crippen LogP contribution in [0.25, 0.3) is 11.3 Å². The Bertz CT molecular complexity index is 982. The van der Waals surface area contributed by atoms with Gasteiger partial charge in [-0.05, 0) is 18.9 Å². The molecule has 4 rings (SSSR count). The second-order valence-electron chi connectivity index (χ2n) is 7.38. The summed E-state index contributed by atoms with van der Waals surface area (Å²) >= 11 is 0. The van der Waals surface area contributed by atoms with Gasteiger partial charge in [0.05, 0.1) is 4.92 Å². The second-order valence-corrected chi connectivity index (χ2v) is 7.38. The van der Waals surface area contributed by atoms with Gasteiger partial charge in [0, 0.05) is 24.1 Å². The van der Waals surface area contributed by atoms with E-state index < -0.39 is 0 Å². The second kappa shape index (κ2) is 7.46. The molecule has 1 aliphatic heterocycles. The molecule has 0 unspecified atom stereocenters. The molecule has 0 amide bonds. The smallest absolute Gasteiger partial charge is 0.292 e. The monoisotopic (exact) mass is 377 g/mol. The number of benzene rings is 2. The molecule has 1 aromatic heterocycles. The fourth-order valence-electron chi connectivity index (χ4n) is 3.86. The summed E-state index contributed by atoms with van der Waals surface area (Å²) in [5.74, 6) is 1.69. The predicted octanol–water partition coefficient (Wildman–Crippen LogP) is 5.71. The maximum absolute atomic E-state index is 11.5. The lowest BCUT2D eigenvalue weighted by Crippen LogP contribution is -2.23. The van der Waals surface area contributed by atoms with Crippen molar-refractivity contribution in [3.05, 3.63) is 76.4 Å². The Hall–Kier alpha value is -3.15. The molecular formula is C22H23N3O3. The first-order chi connectivity index (χ1) is 13.6. The fourth-order valence-corrected chi connectivity index (χ4v) is 3.86. The Morgan fingerprint density at radius 2 is 1.86 bits per heavy atom. The van der Waals surface area contributed by atoms with Crippen LogP contribution in [0.4, 0.5) is 11.4 Å². The first-order valence-corrected chi connectivity index (χ1v) is 9.62. The van der Waals surface area contributed by atoms with Gasteiger partial charge in [-0.15, -0.1) is 0 Å². The highest BCUT2D eigenvalue weighted by Gasteiger charge is 2.34. The van der Waals surface area contributed by atoms with Crippen molar-refractivity contribution < 1.29 is 9.34 Å². The minimum atomic E-state index is -0.324. The van der Waals surface area contributed by atoms with Crippen molar-refractivity contribution in [3.63, 3.8) is 0 Å². The largest absolute Gasteiger partial charge is 0.442 e. The zero-order chi connectivity index (χ0) is 19.7. The van der Waals surface area contributed by atoms with Crippen LogP contribution in [0, 0.1) is 10.1 Å². The van der Waals surface area contributed by atoms with Crippen molar-refractivity contribution in [3.8, 4) is 11.3 Å². The molecule has 6 nitrogen and oxygen atoms in total. The number of nitro benzene ring substituents is 1. The summed E-state index contributed by atoms with van der Waals surface area (Å²) in [7, 11) is 0. The van der Waals surface area contributed by atoms with Gasteiger partial charge in [-0.1, -0.05) is 56.3 Å². The lowest BCUT2D eigenvalue weighted by Gasteiger charge is -2.24. The van der Waals surface area contributed by atoms with Gasteiger partial charge in [-0.25, -0.2) is 4.98 Å². The van der Waals surface area contributed by atoms with E-state index in [0.29, 0.717) is 11.6 Å². The molecule has 1 atom stereocenters. The van der Waals surface area contributed by atoms with Crippen molar-refractivity contribution in [1.29, 1.82) is 0 Å². The lowest BCUT2D eigenvalue weighted by atomic mass is 10.0. The molecule has 2 aromatic carbocycles. The number of hydrogen-bond acceptors (Lipinski definition) is 5. The van der Waals surface area contributed by atoms with Crippen LogP contribution < -0.4 is 4.90 Å². The normalized spacial score (nSPS) is 16.7. The minimum Gasteiger partial charge on any atom is -0.442 e. The predicted molar refractivity (Wildman–Crippen MR) is 108 cm³/mol. The van der Waals surface area contributed by atoms with Gasteiger partial charge in [0.2, 0.25) is 5.89 Å². The number of para-hydroxylation sites is 2. The first kappa shape index (κ1) is 18.2. The molecule has 144 valence electrons. The van der Waals surface area contributed by atoms with E-state index in [0.717, 1.165) is 36.4 Å². The van der Waals surface area contributed by atoms with Gasteiger partial charge in [0.15, 0.2) is 0 Å². The third-order valence-electron chi connectivity index (χ3n) is 5.17. The van der Waals surface area contributed by atoms with Gasteiger partial charge in [0.1, 0.15) is 23.2 Å². The topological polar surface area (TPSA) is 72.4 Å². The maximum Gasteiger partial charge on any atom is 0.292 e. The molecule has 0 N–H and O–H groups in total. The number of aromatic nitrogens is 1. The van der Waals surface area contributed by atoms with Crippen molar-refractivity contribution >= 4 is 11.4 Å². The van der Waals surface area contributed by atoms with Gasteiger partial charge >= 0.3 is 0 Å². The van der Waals surface area contributed by atoms with Crippen LogP contribution in [-0.4, -0.2) is 16.5 Å². The summed E-state index contributed by atoms with van der Waals surface area (Å²) in [6, 6.07) is 16.8. The van der Waals surface area contributed by atoms with E-state index in [1.54, 1.807) is 18.2 Å². The molecule has 1 saturated heterocycles. The molecule has 2 heterocycles. The Morgan fingerprint density at radius 1 is 1.14 bits per heavy atom. The fraction of sp³-hybridized carbons (Fsp3) is 0.318.